The molecule has 0 atom stereocenters. The molecule has 3 heteroatoms. The minimum atomic E-state index is 0.716. The summed E-state index contributed by atoms with van der Waals surface area (Å²) in [6.07, 6.45) is 2.07. The number of benzene rings is 2. The summed E-state index contributed by atoms with van der Waals surface area (Å²) in [5.74, 6) is 1.44. The van der Waals surface area contributed by atoms with Crippen molar-refractivity contribution in [1.29, 1.82) is 0 Å². The molecule has 104 valence electrons. The van der Waals surface area contributed by atoms with Crippen LogP contribution in [-0.2, 0) is 0 Å². The molecule has 2 aromatic carbocycles. The van der Waals surface area contributed by atoms with Crippen molar-refractivity contribution in [2.75, 3.05) is 20.0 Å². The summed E-state index contributed by atoms with van der Waals surface area (Å²) in [6.45, 7) is 2.01. The maximum Gasteiger partial charge on any atom is 0.161 e. The van der Waals surface area contributed by atoms with Crippen LogP contribution >= 0.6 is 0 Å². The summed E-state index contributed by atoms with van der Waals surface area (Å²) in [4.78, 5) is 0. The van der Waals surface area contributed by atoms with Crippen LogP contribution < -0.4 is 15.2 Å². The minimum Gasteiger partial charge on any atom is -0.493 e. The lowest BCUT2D eigenvalue weighted by atomic mass is 9.97. The summed E-state index contributed by atoms with van der Waals surface area (Å²) in [7, 11) is 3.27. The van der Waals surface area contributed by atoms with Crippen LogP contribution in [0.4, 0.5) is 5.69 Å². The van der Waals surface area contributed by atoms with Gasteiger partial charge in [0.2, 0.25) is 0 Å². The molecule has 2 N–H and O–H groups in total. The molecule has 0 aliphatic heterocycles. The Morgan fingerprint density at radius 1 is 0.950 bits per heavy atom. The molecule has 0 aliphatic rings. The maximum absolute atomic E-state index is 5.86. The van der Waals surface area contributed by atoms with Crippen LogP contribution in [0.15, 0.2) is 48.5 Å². The second-order valence-electron chi connectivity index (χ2n) is 4.40. The fourth-order valence-corrected chi connectivity index (χ4v) is 2.21. The predicted octanol–water partition coefficient (Wildman–Crippen LogP) is 3.74. The van der Waals surface area contributed by atoms with Gasteiger partial charge in [0.1, 0.15) is 0 Å². The monoisotopic (exact) mass is 269 g/mol. The van der Waals surface area contributed by atoms with E-state index in [1.807, 2.05) is 49.4 Å². The molecular weight excluding hydrogens is 250 g/mol. The van der Waals surface area contributed by atoms with E-state index in [4.69, 9.17) is 15.2 Å². The van der Waals surface area contributed by atoms with Crippen LogP contribution in [0.1, 0.15) is 18.1 Å². The van der Waals surface area contributed by atoms with Gasteiger partial charge in [0, 0.05) is 5.69 Å². The first-order valence-corrected chi connectivity index (χ1v) is 6.44. The molecule has 2 aromatic rings. The average Bonchev–Trinajstić information content (AvgIpc) is 2.48. The van der Waals surface area contributed by atoms with Crippen molar-refractivity contribution < 1.29 is 9.47 Å². The third kappa shape index (κ3) is 2.77. The number of hydrogen-bond acceptors (Lipinski definition) is 3. The fraction of sp³-hybridized carbons (Fsp3) is 0.176. The fourth-order valence-electron chi connectivity index (χ4n) is 2.21. The molecule has 0 spiro atoms. The Morgan fingerprint density at radius 2 is 1.65 bits per heavy atom. The third-order valence-electron chi connectivity index (χ3n) is 3.18. The highest BCUT2D eigenvalue weighted by atomic mass is 16.5. The van der Waals surface area contributed by atoms with Gasteiger partial charge in [0.25, 0.3) is 0 Å². The van der Waals surface area contributed by atoms with E-state index in [9.17, 15) is 0 Å². The molecule has 0 saturated heterocycles. The largest absolute Gasteiger partial charge is 0.493 e. The Morgan fingerprint density at radius 3 is 2.25 bits per heavy atom. The summed E-state index contributed by atoms with van der Waals surface area (Å²) in [5, 5.41) is 0. The number of anilines is 1. The van der Waals surface area contributed by atoms with Gasteiger partial charge >= 0.3 is 0 Å². The topological polar surface area (TPSA) is 44.5 Å². The molecule has 0 heterocycles. The first-order valence-electron chi connectivity index (χ1n) is 6.44. The third-order valence-corrected chi connectivity index (χ3v) is 3.18. The zero-order valence-corrected chi connectivity index (χ0v) is 12.0. The summed E-state index contributed by atoms with van der Waals surface area (Å²) in [5.41, 5.74) is 9.87. The first-order chi connectivity index (χ1) is 9.69. The molecule has 2 rings (SSSR count). The Balaban J connectivity index is 2.48. The van der Waals surface area contributed by atoms with E-state index in [1.54, 1.807) is 14.2 Å². The van der Waals surface area contributed by atoms with E-state index in [2.05, 4.69) is 6.08 Å². The Labute approximate surface area is 119 Å². The van der Waals surface area contributed by atoms with Crippen molar-refractivity contribution >= 4 is 11.3 Å². The second-order valence-corrected chi connectivity index (χ2v) is 4.40. The Hall–Kier alpha value is -2.42. The van der Waals surface area contributed by atoms with Crippen molar-refractivity contribution in [2.45, 2.75) is 6.92 Å². The Bertz CT molecular complexity index is 633. The highest BCUT2D eigenvalue weighted by Crippen LogP contribution is 2.33. The smallest absolute Gasteiger partial charge is 0.161 e. The minimum absolute atomic E-state index is 0.716. The van der Waals surface area contributed by atoms with Gasteiger partial charge in [-0.1, -0.05) is 24.3 Å². The predicted molar refractivity (Wildman–Crippen MR) is 83.2 cm³/mol. The van der Waals surface area contributed by atoms with E-state index in [0.29, 0.717) is 5.75 Å². The van der Waals surface area contributed by atoms with E-state index < -0.39 is 0 Å². The molecule has 0 saturated carbocycles. The van der Waals surface area contributed by atoms with Crippen LogP contribution in [0.25, 0.3) is 5.57 Å². The average molecular weight is 269 g/mol. The van der Waals surface area contributed by atoms with Gasteiger partial charge in [-0.15, -0.1) is 0 Å². The standard InChI is InChI=1S/C17H19NO2/c1-4-15(12-6-5-7-14(18)10-12)13-8-9-16(19-2)17(11-13)20-3/h4-11H,18H2,1-3H3. The molecule has 0 aromatic heterocycles. The lowest BCUT2D eigenvalue weighted by Crippen LogP contribution is -1.94. The van der Waals surface area contributed by atoms with Crippen LogP contribution in [-0.4, -0.2) is 14.2 Å². The van der Waals surface area contributed by atoms with E-state index in [0.717, 1.165) is 28.1 Å². The maximum atomic E-state index is 5.86. The van der Waals surface area contributed by atoms with Crippen molar-refractivity contribution in [3.63, 3.8) is 0 Å². The van der Waals surface area contributed by atoms with Crippen LogP contribution in [0, 0.1) is 0 Å². The molecule has 0 radical (unpaired) electrons. The summed E-state index contributed by atoms with van der Waals surface area (Å²) in [6, 6.07) is 13.7. The van der Waals surface area contributed by atoms with Gasteiger partial charge in [-0.05, 0) is 47.9 Å². The van der Waals surface area contributed by atoms with Gasteiger partial charge in [-0.25, -0.2) is 0 Å². The Kier molecular flexibility index (Phi) is 4.31. The molecule has 0 fully saturated rings. The number of rotatable bonds is 4. The lowest BCUT2D eigenvalue weighted by molar-refractivity contribution is 0.355. The second kappa shape index (κ2) is 6.15. The van der Waals surface area contributed by atoms with Crippen molar-refractivity contribution in [2.24, 2.45) is 0 Å². The summed E-state index contributed by atoms with van der Waals surface area (Å²) < 4.78 is 10.6. The van der Waals surface area contributed by atoms with E-state index >= 15 is 0 Å². The van der Waals surface area contributed by atoms with Gasteiger partial charge < -0.3 is 15.2 Å². The van der Waals surface area contributed by atoms with Crippen LogP contribution in [0.3, 0.4) is 0 Å². The number of methoxy groups -OCH3 is 2. The normalized spacial score (nSPS) is 11.2. The molecule has 20 heavy (non-hydrogen) atoms. The molecule has 0 bridgehead atoms. The van der Waals surface area contributed by atoms with Gasteiger partial charge in [-0.3, -0.25) is 0 Å². The SMILES string of the molecule is CC=C(c1cccc(N)c1)c1ccc(OC)c(OC)c1. The van der Waals surface area contributed by atoms with Crippen molar-refractivity contribution in [1.82, 2.24) is 0 Å². The first kappa shape index (κ1) is 14.0. The van der Waals surface area contributed by atoms with Crippen molar-refractivity contribution in [3.8, 4) is 11.5 Å². The van der Waals surface area contributed by atoms with E-state index in [1.165, 1.54) is 0 Å². The van der Waals surface area contributed by atoms with Crippen LogP contribution in [0.2, 0.25) is 0 Å². The summed E-state index contributed by atoms with van der Waals surface area (Å²) >= 11 is 0. The number of nitrogens with two attached hydrogens (primary N) is 1. The number of ether oxygens (including phenoxy) is 2. The molecule has 0 amide bonds. The molecule has 0 unspecified atom stereocenters. The number of nitrogen functional groups attached to an aromatic ring is 1. The van der Waals surface area contributed by atoms with Crippen molar-refractivity contribution in [3.05, 3.63) is 59.7 Å². The molecular formula is C17H19NO2. The quantitative estimate of drug-likeness (QED) is 0.860. The van der Waals surface area contributed by atoms with Crippen LogP contribution in [0.5, 0.6) is 11.5 Å². The zero-order valence-electron chi connectivity index (χ0n) is 12.0. The van der Waals surface area contributed by atoms with Gasteiger partial charge in [0.05, 0.1) is 14.2 Å². The lowest BCUT2D eigenvalue weighted by Gasteiger charge is -2.12. The molecule has 0 aliphatic carbocycles. The highest BCUT2D eigenvalue weighted by molar-refractivity contribution is 5.81. The van der Waals surface area contributed by atoms with E-state index in [-0.39, 0.29) is 0 Å². The van der Waals surface area contributed by atoms with Gasteiger partial charge in [-0.2, -0.15) is 0 Å². The number of hydrogen-bond donors (Lipinski definition) is 1. The van der Waals surface area contributed by atoms with Gasteiger partial charge in [0.15, 0.2) is 11.5 Å². The number of allylic oxidation sites excluding steroid dienone is 1. The zero-order chi connectivity index (χ0) is 14.5. The highest BCUT2D eigenvalue weighted by Gasteiger charge is 2.09. The molecule has 3 nitrogen and oxygen atoms in total.